The predicted molar refractivity (Wildman–Crippen MR) is 75.5 cm³/mol. The lowest BCUT2D eigenvalue weighted by Crippen LogP contribution is -2.15. The summed E-state index contributed by atoms with van der Waals surface area (Å²) < 4.78 is 10.8. The molecule has 0 fully saturated rings. The number of hydrogen-bond donors (Lipinski definition) is 1. The lowest BCUT2D eigenvalue weighted by atomic mass is 10.2. The Kier molecular flexibility index (Phi) is 8.06. The van der Waals surface area contributed by atoms with Gasteiger partial charge in [-0.05, 0) is 50.9 Å². The van der Waals surface area contributed by atoms with Gasteiger partial charge in [0.05, 0.1) is 13.7 Å². The molecule has 18 heavy (non-hydrogen) atoms. The Bertz CT molecular complexity index is 315. The maximum atomic E-state index is 5.68. The van der Waals surface area contributed by atoms with Crippen molar-refractivity contribution in [3.05, 3.63) is 24.3 Å². The van der Waals surface area contributed by atoms with Crippen LogP contribution in [0.1, 0.15) is 32.6 Å². The quantitative estimate of drug-likeness (QED) is 0.648. The van der Waals surface area contributed by atoms with E-state index in [9.17, 15) is 0 Å². The van der Waals surface area contributed by atoms with Crippen LogP contribution in [0, 0.1) is 0 Å². The number of rotatable bonds is 10. The molecule has 0 amide bonds. The highest BCUT2D eigenvalue weighted by atomic mass is 16.5. The van der Waals surface area contributed by atoms with Gasteiger partial charge >= 0.3 is 0 Å². The van der Waals surface area contributed by atoms with Crippen LogP contribution in [-0.2, 0) is 0 Å². The van der Waals surface area contributed by atoms with E-state index in [1.807, 2.05) is 24.3 Å². The molecule has 1 aromatic rings. The van der Waals surface area contributed by atoms with Gasteiger partial charge in [-0.25, -0.2) is 0 Å². The van der Waals surface area contributed by atoms with Crippen LogP contribution in [0.15, 0.2) is 24.3 Å². The molecule has 0 aromatic heterocycles. The first kappa shape index (κ1) is 14.8. The molecule has 1 N–H and O–H groups in total. The van der Waals surface area contributed by atoms with Crippen LogP contribution in [0.25, 0.3) is 0 Å². The van der Waals surface area contributed by atoms with E-state index in [-0.39, 0.29) is 0 Å². The summed E-state index contributed by atoms with van der Waals surface area (Å²) in [5, 5.41) is 3.40. The first-order valence-electron chi connectivity index (χ1n) is 6.84. The predicted octanol–water partition coefficient (Wildman–Crippen LogP) is 3.24. The van der Waals surface area contributed by atoms with Crippen molar-refractivity contribution in [1.82, 2.24) is 5.32 Å². The Morgan fingerprint density at radius 2 is 1.89 bits per heavy atom. The Hall–Kier alpha value is -1.22. The summed E-state index contributed by atoms with van der Waals surface area (Å²) in [6, 6.07) is 7.75. The number of methoxy groups -OCH3 is 1. The molecule has 3 heteroatoms. The van der Waals surface area contributed by atoms with Gasteiger partial charge in [0.15, 0.2) is 0 Å². The Morgan fingerprint density at radius 1 is 1.06 bits per heavy atom. The third kappa shape index (κ3) is 6.50. The minimum atomic E-state index is 0.779. The van der Waals surface area contributed by atoms with Crippen molar-refractivity contribution in [2.45, 2.75) is 32.6 Å². The molecule has 1 rings (SSSR count). The molecule has 0 aliphatic heterocycles. The summed E-state index contributed by atoms with van der Waals surface area (Å²) in [7, 11) is 1.67. The maximum absolute atomic E-state index is 5.68. The fourth-order valence-electron chi connectivity index (χ4n) is 1.71. The number of nitrogens with one attached hydrogen (secondary N) is 1. The van der Waals surface area contributed by atoms with E-state index in [0.29, 0.717) is 0 Å². The molecule has 0 unspecified atom stereocenters. The van der Waals surface area contributed by atoms with Crippen molar-refractivity contribution in [1.29, 1.82) is 0 Å². The monoisotopic (exact) mass is 251 g/mol. The SMILES string of the molecule is CCCNCCCCCOc1cccc(OC)c1. The smallest absolute Gasteiger partial charge is 0.122 e. The minimum absolute atomic E-state index is 0.779. The van der Waals surface area contributed by atoms with Crippen molar-refractivity contribution in [2.24, 2.45) is 0 Å². The zero-order valence-electron chi connectivity index (χ0n) is 11.6. The molecular weight excluding hydrogens is 226 g/mol. The van der Waals surface area contributed by atoms with Gasteiger partial charge < -0.3 is 14.8 Å². The summed E-state index contributed by atoms with van der Waals surface area (Å²) in [6.45, 7) is 5.21. The molecule has 0 aliphatic carbocycles. The number of benzene rings is 1. The fraction of sp³-hybridized carbons (Fsp3) is 0.600. The normalized spacial score (nSPS) is 10.3. The van der Waals surface area contributed by atoms with Crippen LogP contribution in [0.5, 0.6) is 11.5 Å². The van der Waals surface area contributed by atoms with Crippen LogP contribution in [0.2, 0.25) is 0 Å². The van der Waals surface area contributed by atoms with Crippen molar-refractivity contribution in [2.75, 3.05) is 26.8 Å². The second-order valence-corrected chi connectivity index (χ2v) is 4.34. The molecule has 0 saturated carbocycles. The summed E-state index contributed by atoms with van der Waals surface area (Å²) in [5.74, 6) is 1.73. The van der Waals surface area contributed by atoms with E-state index >= 15 is 0 Å². The maximum Gasteiger partial charge on any atom is 0.122 e. The Morgan fingerprint density at radius 3 is 2.67 bits per heavy atom. The molecule has 0 radical (unpaired) electrons. The molecular formula is C15H25NO2. The zero-order valence-corrected chi connectivity index (χ0v) is 11.6. The number of unbranched alkanes of at least 4 members (excludes halogenated alkanes) is 2. The van der Waals surface area contributed by atoms with Gasteiger partial charge in [0.1, 0.15) is 11.5 Å². The molecule has 0 saturated heterocycles. The average Bonchev–Trinajstić information content (AvgIpc) is 2.42. The third-order valence-electron chi connectivity index (χ3n) is 2.73. The summed E-state index contributed by atoms with van der Waals surface area (Å²) >= 11 is 0. The fourth-order valence-corrected chi connectivity index (χ4v) is 1.71. The lowest BCUT2D eigenvalue weighted by Gasteiger charge is -2.07. The Labute approximate surface area is 110 Å². The molecule has 1 aromatic carbocycles. The van der Waals surface area contributed by atoms with Crippen LogP contribution in [0.3, 0.4) is 0 Å². The van der Waals surface area contributed by atoms with Gasteiger partial charge in [-0.2, -0.15) is 0 Å². The van der Waals surface area contributed by atoms with Crippen molar-refractivity contribution < 1.29 is 9.47 Å². The molecule has 0 spiro atoms. The average molecular weight is 251 g/mol. The summed E-state index contributed by atoms with van der Waals surface area (Å²) in [6.07, 6.45) is 4.74. The number of hydrogen-bond acceptors (Lipinski definition) is 3. The van der Waals surface area contributed by atoms with Gasteiger partial charge in [-0.15, -0.1) is 0 Å². The van der Waals surface area contributed by atoms with Gasteiger partial charge in [-0.3, -0.25) is 0 Å². The third-order valence-corrected chi connectivity index (χ3v) is 2.73. The molecule has 0 heterocycles. The van der Waals surface area contributed by atoms with E-state index in [1.54, 1.807) is 7.11 Å². The Balaban J connectivity index is 2.03. The molecule has 0 atom stereocenters. The van der Waals surface area contributed by atoms with E-state index in [2.05, 4.69) is 12.2 Å². The zero-order chi connectivity index (χ0) is 13.1. The van der Waals surface area contributed by atoms with Crippen LogP contribution in [0.4, 0.5) is 0 Å². The van der Waals surface area contributed by atoms with Crippen LogP contribution < -0.4 is 14.8 Å². The lowest BCUT2D eigenvalue weighted by molar-refractivity contribution is 0.302. The van der Waals surface area contributed by atoms with Gasteiger partial charge in [0.25, 0.3) is 0 Å². The second kappa shape index (κ2) is 9.77. The highest BCUT2D eigenvalue weighted by Gasteiger charge is 1.96. The first-order chi connectivity index (χ1) is 8.86. The molecule has 3 nitrogen and oxygen atoms in total. The van der Waals surface area contributed by atoms with E-state index in [1.165, 1.54) is 19.3 Å². The topological polar surface area (TPSA) is 30.5 Å². The van der Waals surface area contributed by atoms with Crippen molar-refractivity contribution >= 4 is 0 Å². The number of ether oxygens (including phenoxy) is 2. The van der Waals surface area contributed by atoms with Crippen LogP contribution >= 0.6 is 0 Å². The van der Waals surface area contributed by atoms with E-state index in [0.717, 1.165) is 37.6 Å². The highest BCUT2D eigenvalue weighted by molar-refractivity contribution is 5.32. The van der Waals surface area contributed by atoms with Gasteiger partial charge in [0, 0.05) is 6.07 Å². The summed E-state index contributed by atoms with van der Waals surface area (Å²) in [5.41, 5.74) is 0. The van der Waals surface area contributed by atoms with Gasteiger partial charge in [0.2, 0.25) is 0 Å². The molecule has 0 aliphatic rings. The van der Waals surface area contributed by atoms with Gasteiger partial charge in [-0.1, -0.05) is 13.0 Å². The first-order valence-corrected chi connectivity index (χ1v) is 6.84. The van der Waals surface area contributed by atoms with E-state index < -0.39 is 0 Å². The highest BCUT2D eigenvalue weighted by Crippen LogP contribution is 2.18. The van der Waals surface area contributed by atoms with Crippen LogP contribution in [-0.4, -0.2) is 26.8 Å². The standard InChI is InChI=1S/C15H25NO2/c1-3-10-16-11-5-4-6-12-18-15-9-7-8-14(13-15)17-2/h7-9,13,16H,3-6,10-12H2,1-2H3. The summed E-state index contributed by atoms with van der Waals surface area (Å²) in [4.78, 5) is 0. The minimum Gasteiger partial charge on any atom is -0.497 e. The van der Waals surface area contributed by atoms with Crippen molar-refractivity contribution in [3.8, 4) is 11.5 Å². The molecule has 102 valence electrons. The van der Waals surface area contributed by atoms with E-state index in [4.69, 9.17) is 9.47 Å². The largest absolute Gasteiger partial charge is 0.497 e. The second-order valence-electron chi connectivity index (χ2n) is 4.34. The van der Waals surface area contributed by atoms with Crippen molar-refractivity contribution in [3.63, 3.8) is 0 Å². The molecule has 0 bridgehead atoms.